The molecular weight excluding hydrogens is 482 g/mol. The lowest BCUT2D eigenvalue weighted by molar-refractivity contribution is -0.124. The van der Waals surface area contributed by atoms with Crippen LogP contribution >= 0.6 is 11.5 Å². The van der Waals surface area contributed by atoms with Gasteiger partial charge >= 0.3 is 5.97 Å². The minimum Gasteiger partial charge on any atom is -0.497 e. The molecule has 0 aliphatic rings. The third kappa shape index (κ3) is 5.36. The van der Waals surface area contributed by atoms with Crippen molar-refractivity contribution in [2.45, 2.75) is 26.4 Å². The fraction of sp³-hybridized carbons (Fsp3) is 0.240. The molecule has 4 aromatic rings. The summed E-state index contributed by atoms with van der Waals surface area (Å²) in [4.78, 5) is 42.6. The Morgan fingerprint density at radius 1 is 1.11 bits per heavy atom. The van der Waals surface area contributed by atoms with Crippen LogP contribution in [-0.4, -0.2) is 45.4 Å². The first kappa shape index (κ1) is 24.9. The highest BCUT2D eigenvalue weighted by molar-refractivity contribution is 7.13. The molecule has 0 bridgehead atoms. The molecule has 1 unspecified atom stereocenters. The van der Waals surface area contributed by atoms with E-state index in [1.54, 1.807) is 33.1 Å². The zero-order valence-electron chi connectivity index (χ0n) is 20.0. The Balaban J connectivity index is 1.52. The zero-order valence-corrected chi connectivity index (χ0v) is 20.8. The number of hydrogen-bond acceptors (Lipinski definition) is 8. The van der Waals surface area contributed by atoms with Gasteiger partial charge in [-0.1, -0.05) is 30.3 Å². The topological polar surface area (TPSA) is 124 Å². The molecule has 0 radical (unpaired) electrons. The highest BCUT2D eigenvalue weighted by Gasteiger charge is 2.26. The van der Waals surface area contributed by atoms with Crippen molar-refractivity contribution >= 4 is 45.2 Å². The summed E-state index contributed by atoms with van der Waals surface area (Å²) in [5.41, 5.74) is 1.14. The highest BCUT2D eigenvalue weighted by atomic mass is 32.1. The average Bonchev–Trinajstić information content (AvgIpc) is 3.52. The summed E-state index contributed by atoms with van der Waals surface area (Å²) in [6.45, 7) is 3.73. The number of nitrogens with one attached hydrogen (secondary N) is 2. The Labute approximate surface area is 211 Å². The number of anilines is 1. The Kier molecular flexibility index (Phi) is 7.59. The number of imidazole rings is 1. The summed E-state index contributed by atoms with van der Waals surface area (Å²) in [6.07, 6.45) is 1.44. The van der Waals surface area contributed by atoms with Crippen LogP contribution in [0.3, 0.4) is 0 Å². The molecule has 0 aliphatic carbocycles. The fourth-order valence-electron chi connectivity index (χ4n) is 3.53. The van der Waals surface area contributed by atoms with Gasteiger partial charge in [-0.25, -0.2) is 9.78 Å². The van der Waals surface area contributed by atoms with Crippen LogP contribution in [0, 0.1) is 0 Å². The minimum absolute atomic E-state index is 0.0950. The molecule has 2 aromatic carbocycles. The van der Waals surface area contributed by atoms with Crippen LogP contribution in [0.15, 0.2) is 54.7 Å². The van der Waals surface area contributed by atoms with Crippen LogP contribution < -0.4 is 15.4 Å². The standard InChI is InChI=1S/C25H25N5O5S/c1-4-35-25(33)22-27-20(28-24(32)21-18-7-5-6-8-19(18)36-29-21)14-30(22)15(2)23(31)26-13-16-9-11-17(34-3)12-10-16/h5-12,14-15H,4,13H2,1-3H3,(H,26,31)(H,28,32). The number of carbonyl (C=O) groups excluding carboxylic acids is 3. The summed E-state index contributed by atoms with van der Waals surface area (Å²) in [5, 5.41) is 6.25. The molecule has 1 atom stereocenters. The van der Waals surface area contributed by atoms with Gasteiger partial charge in [0.25, 0.3) is 5.91 Å². The summed E-state index contributed by atoms with van der Waals surface area (Å²) >= 11 is 1.22. The second-order valence-corrected chi connectivity index (χ2v) is 8.61. The van der Waals surface area contributed by atoms with Crippen LogP contribution in [0.4, 0.5) is 5.82 Å². The summed E-state index contributed by atoms with van der Waals surface area (Å²) < 4.78 is 16.8. The van der Waals surface area contributed by atoms with E-state index in [4.69, 9.17) is 9.47 Å². The van der Waals surface area contributed by atoms with Crippen LogP contribution in [0.1, 0.15) is 46.6 Å². The van der Waals surface area contributed by atoms with Crippen LogP contribution in [0.5, 0.6) is 5.75 Å². The van der Waals surface area contributed by atoms with E-state index in [1.807, 2.05) is 36.4 Å². The smallest absolute Gasteiger partial charge is 0.374 e. The molecule has 10 nitrogen and oxygen atoms in total. The predicted octanol–water partition coefficient (Wildman–Crippen LogP) is 3.81. The van der Waals surface area contributed by atoms with Gasteiger partial charge in [0.15, 0.2) is 5.82 Å². The van der Waals surface area contributed by atoms with Gasteiger partial charge in [0.1, 0.15) is 17.5 Å². The number of esters is 1. The Morgan fingerprint density at radius 2 is 1.86 bits per heavy atom. The first-order valence-corrected chi connectivity index (χ1v) is 12.0. The fourth-order valence-corrected chi connectivity index (χ4v) is 4.30. The molecule has 2 N–H and O–H groups in total. The molecule has 36 heavy (non-hydrogen) atoms. The summed E-state index contributed by atoms with van der Waals surface area (Å²) in [7, 11) is 1.58. The Hall–Kier alpha value is -4.25. The van der Waals surface area contributed by atoms with E-state index in [9.17, 15) is 14.4 Å². The number of carbonyl (C=O) groups is 3. The van der Waals surface area contributed by atoms with Gasteiger partial charge in [-0.2, -0.15) is 4.37 Å². The molecule has 2 amide bonds. The highest BCUT2D eigenvalue weighted by Crippen LogP contribution is 2.24. The summed E-state index contributed by atoms with van der Waals surface area (Å²) in [5.74, 6) is -0.776. The van der Waals surface area contributed by atoms with Crippen LogP contribution in [-0.2, 0) is 16.1 Å². The van der Waals surface area contributed by atoms with Gasteiger partial charge in [-0.15, -0.1) is 0 Å². The van der Waals surface area contributed by atoms with E-state index in [0.29, 0.717) is 0 Å². The van der Waals surface area contributed by atoms with Gasteiger partial charge in [-0.3, -0.25) is 9.59 Å². The number of aromatic nitrogens is 3. The van der Waals surface area contributed by atoms with Crippen LogP contribution in [0.25, 0.3) is 10.1 Å². The van der Waals surface area contributed by atoms with Gasteiger partial charge < -0.3 is 24.7 Å². The third-order valence-corrected chi connectivity index (χ3v) is 6.27. The van der Waals surface area contributed by atoms with Crippen molar-refractivity contribution in [2.24, 2.45) is 0 Å². The van der Waals surface area contributed by atoms with E-state index >= 15 is 0 Å². The monoisotopic (exact) mass is 507 g/mol. The molecule has 0 fully saturated rings. The average molecular weight is 508 g/mol. The quantitative estimate of drug-likeness (QED) is 0.330. The van der Waals surface area contributed by atoms with Gasteiger partial charge in [0.2, 0.25) is 11.7 Å². The molecule has 0 aliphatic heterocycles. The Bertz CT molecular complexity index is 1400. The number of nitrogens with zero attached hydrogens (tertiary/aromatic N) is 3. The van der Waals surface area contributed by atoms with Crippen molar-refractivity contribution in [3.05, 3.63) is 71.8 Å². The number of rotatable bonds is 9. The largest absolute Gasteiger partial charge is 0.497 e. The van der Waals surface area contributed by atoms with E-state index in [0.717, 1.165) is 21.4 Å². The summed E-state index contributed by atoms with van der Waals surface area (Å²) in [6, 6.07) is 13.9. The SMILES string of the molecule is CCOC(=O)c1nc(NC(=O)c2nsc3ccccc23)cn1C(C)C(=O)NCc1ccc(OC)cc1. The first-order valence-electron chi connectivity index (χ1n) is 11.2. The number of benzene rings is 2. The number of amides is 2. The van der Waals surface area contributed by atoms with Gasteiger partial charge in [0, 0.05) is 18.1 Å². The first-order chi connectivity index (χ1) is 17.4. The van der Waals surface area contributed by atoms with E-state index in [1.165, 1.54) is 22.3 Å². The van der Waals surface area contributed by atoms with Crippen molar-refractivity contribution in [2.75, 3.05) is 19.0 Å². The second-order valence-electron chi connectivity index (χ2n) is 7.80. The molecule has 0 saturated carbocycles. The predicted molar refractivity (Wildman–Crippen MR) is 135 cm³/mol. The van der Waals surface area contributed by atoms with Gasteiger partial charge in [-0.05, 0) is 49.1 Å². The molecule has 0 saturated heterocycles. The van der Waals surface area contributed by atoms with Crippen LogP contribution in [0.2, 0.25) is 0 Å². The molecular formula is C25H25N5O5S. The molecule has 186 valence electrons. The lowest BCUT2D eigenvalue weighted by Gasteiger charge is -2.15. The lowest BCUT2D eigenvalue weighted by atomic mass is 10.2. The number of ether oxygens (including phenoxy) is 2. The number of fused-ring (bicyclic) bond motifs is 1. The zero-order chi connectivity index (χ0) is 25.7. The van der Waals surface area contributed by atoms with Crippen molar-refractivity contribution in [3.63, 3.8) is 0 Å². The minimum atomic E-state index is -0.805. The maximum absolute atomic E-state index is 12.9. The third-order valence-electron chi connectivity index (χ3n) is 5.45. The maximum atomic E-state index is 12.9. The van der Waals surface area contributed by atoms with Crippen molar-refractivity contribution < 1.29 is 23.9 Å². The molecule has 4 rings (SSSR count). The maximum Gasteiger partial charge on any atom is 0.374 e. The van der Waals surface area contributed by atoms with Crippen molar-refractivity contribution in [3.8, 4) is 5.75 Å². The van der Waals surface area contributed by atoms with Gasteiger partial charge in [0.05, 0.1) is 18.4 Å². The van der Waals surface area contributed by atoms with E-state index in [-0.39, 0.29) is 36.4 Å². The molecule has 11 heteroatoms. The second kappa shape index (κ2) is 11.0. The van der Waals surface area contributed by atoms with Crippen molar-refractivity contribution in [1.82, 2.24) is 19.2 Å². The molecule has 2 heterocycles. The Morgan fingerprint density at radius 3 is 2.58 bits per heavy atom. The number of methoxy groups -OCH3 is 1. The molecule has 0 spiro atoms. The van der Waals surface area contributed by atoms with E-state index < -0.39 is 17.9 Å². The normalized spacial score (nSPS) is 11.6. The number of hydrogen-bond donors (Lipinski definition) is 2. The van der Waals surface area contributed by atoms with E-state index in [2.05, 4.69) is 20.0 Å². The lowest BCUT2D eigenvalue weighted by Crippen LogP contribution is -2.32. The van der Waals surface area contributed by atoms with Crippen molar-refractivity contribution in [1.29, 1.82) is 0 Å². The molecule has 2 aromatic heterocycles.